The number of likely N-dealkylation sites (N-methyl/N-ethyl adjacent to an activating group) is 1. The van der Waals surface area contributed by atoms with Crippen LogP contribution in [0.3, 0.4) is 0 Å². The highest BCUT2D eigenvalue weighted by atomic mass is 16.3. The number of nitriles is 1. The summed E-state index contributed by atoms with van der Waals surface area (Å²) in [5.74, 6) is 0. The molecular formula is C14H21N3O. The third-order valence-electron chi connectivity index (χ3n) is 2.71. The summed E-state index contributed by atoms with van der Waals surface area (Å²) in [4.78, 5) is 6.42. The largest absolute Gasteiger partial charge is 0.395 e. The van der Waals surface area contributed by atoms with Gasteiger partial charge in [-0.2, -0.15) is 5.26 Å². The number of pyridine rings is 1. The van der Waals surface area contributed by atoms with Crippen molar-refractivity contribution in [3.63, 3.8) is 0 Å². The Morgan fingerprint density at radius 2 is 2.11 bits per heavy atom. The van der Waals surface area contributed by atoms with Crippen molar-refractivity contribution < 1.29 is 5.11 Å². The van der Waals surface area contributed by atoms with E-state index in [0.717, 1.165) is 11.3 Å². The van der Waals surface area contributed by atoms with Crippen LogP contribution in [0.5, 0.6) is 0 Å². The monoisotopic (exact) mass is 247 g/mol. The molecule has 0 atom stereocenters. The summed E-state index contributed by atoms with van der Waals surface area (Å²) in [5, 5.41) is 18.1. The normalized spacial score (nSPS) is 11.6. The van der Waals surface area contributed by atoms with Crippen molar-refractivity contribution in [2.75, 3.05) is 20.2 Å². The first-order valence-corrected chi connectivity index (χ1v) is 6.07. The fourth-order valence-corrected chi connectivity index (χ4v) is 1.84. The van der Waals surface area contributed by atoms with Crippen molar-refractivity contribution in [1.82, 2.24) is 9.88 Å². The summed E-state index contributed by atoms with van der Waals surface area (Å²) in [6.07, 6.45) is 1.81. The second kappa shape index (κ2) is 5.94. The highest BCUT2D eigenvalue weighted by molar-refractivity contribution is 5.39. The van der Waals surface area contributed by atoms with Crippen molar-refractivity contribution in [3.8, 4) is 6.07 Å². The lowest BCUT2D eigenvalue weighted by Gasteiger charge is -2.20. The number of rotatable bonds is 4. The van der Waals surface area contributed by atoms with Gasteiger partial charge in [0.15, 0.2) is 0 Å². The SMILES string of the molecule is CN(CCO)Cc1cnc(C(C)(C)C)c(C#N)c1. The molecule has 0 fully saturated rings. The quantitative estimate of drug-likeness (QED) is 0.879. The predicted octanol–water partition coefficient (Wildman–Crippen LogP) is 1.67. The molecule has 0 amide bonds. The zero-order chi connectivity index (χ0) is 13.8. The lowest BCUT2D eigenvalue weighted by atomic mass is 9.88. The number of hydrogen-bond donors (Lipinski definition) is 1. The first kappa shape index (κ1) is 14.6. The van der Waals surface area contributed by atoms with Gasteiger partial charge in [-0.1, -0.05) is 20.8 Å². The first-order chi connectivity index (χ1) is 8.38. The van der Waals surface area contributed by atoms with Crippen LogP contribution in [0.15, 0.2) is 12.3 Å². The number of hydrogen-bond acceptors (Lipinski definition) is 4. The molecule has 0 aliphatic heterocycles. The molecule has 0 aromatic carbocycles. The summed E-state index contributed by atoms with van der Waals surface area (Å²) >= 11 is 0. The summed E-state index contributed by atoms with van der Waals surface area (Å²) in [6, 6.07) is 4.11. The van der Waals surface area contributed by atoms with Gasteiger partial charge < -0.3 is 5.11 Å². The van der Waals surface area contributed by atoms with Crippen molar-refractivity contribution in [2.45, 2.75) is 32.7 Å². The molecule has 1 aromatic rings. The Labute approximate surface area is 109 Å². The lowest BCUT2D eigenvalue weighted by Crippen LogP contribution is -2.22. The summed E-state index contributed by atoms with van der Waals surface area (Å²) in [5.41, 5.74) is 2.34. The van der Waals surface area contributed by atoms with Gasteiger partial charge >= 0.3 is 0 Å². The molecule has 0 saturated carbocycles. The molecule has 0 spiro atoms. The minimum absolute atomic E-state index is 0.124. The molecular weight excluding hydrogens is 226 g/mol. The molecule has 18 heavy (non-hydrogen) atoms. The maximum Gasteiger partial charge on any atom is 0.101 e. The van der Waals surface area contributed by atoms with E-state index in [1.807, 2.05) is 45.0 Å². The van der Waals surface area contributed by atoms with Gasteiger partial charge in [-0.3, -0.25) is 9.88 Å². The van der Waals surface area contributed by atoms with E-state index < -0.39 is 0 Å². The number of nitrogens with zero attached hydrogens (tertiary/aromatic N) is 3. The highest BCUT2D eigenvalue weighted by Gasteiger charge is 2.20. The van der Waals surface area contributed by atoms with E-state index in [2.05, 4.69) is 11.1 Å². The fourth-order valence-electron chi connectivity index (χ4n) is 1.84. The first-order valence-electron chi connectivity index (χ1n) is 6.07. The Kier molecular flexibility index (Phi) is 4.83. The van der Waals surface area contributed by atoms with E-state index in [-0.39, 0.29) is 12.0 Å². The molecule has 1 rings (SSSR count). The van der Waals surface area contributed by atoms with Crippen LogP contribution < -0.4 is 0 Å². The average Bonchev–Trinajstić information content (AvgIpc) is 2.27. The Balaban J connectivity index is 2.97. The number of aliphatic hydroxyl groups excluding tert-OH is 1. The van der Waals surface area contributed by atoms with Gasteiger partial charge in [0, 0.05) is 24.7 Å². The molecule has 4 nitrogen and oxygen atoms in total. The van der Waals surface area contributed by atoms with Crippen LogP contribution >= 0.6 is 0 Å². The molecule has 1 aromatic heterocycles. The van der Waals surface area contributed by atoms with Crippen LogP contribution in [0.25, 0.3) is 0 Å². The maximum absolute atomic E-state index is 9.20. The molecule has 0 aliphatic rings. The molecule has 1 heterocycles. The predicted molar refractivity (Wildman–Crippen MR) is 71.1 cm³/mol. The molecule has 4 heteroatoms. The van der Waals surface area contributed by atoms with Gasteiger partial charge in [0.2, 0.25) is 0 Å². The molecule has 98 valence electrons. The standard InChI is InChI=1S/C14H21N3O/c1-14(2,3)13-12(8-15)7-11(9-16-13)10-17(4)5-6-18/h7,9,18H,5-6,10H2,1-4H3. The second-order valence-electron chi connectivity index (χ2n) is 5.56. The summed E-state index contributed by atoms with van der Waals surface area (Å²) in [6.45, 7) is 7.58. The van der Waals surface area contributed by atoms with Crippen molar-refractivity contribution in [1.29, 1.82) is 5.26 Å². The van der Waals surface area contributed by atoms with Crippen molar-refractivity contribution >= 4 is 0 Å². The highest BCUT2D eigenvalue weighted by Crippen LogP contribution is 2.24. The Bertz CT molecular complexity index is 443. The third-order valence-corrected chi connectivity index (χ3v) is 2.71. The minimum Gasteiger partial charge on any atom is -0.395 e. The molecule has 0 aliphatic carbocycles. The zero-order valence-corrected chi connectivity index (χ0v) is 11.6. The van der Waals surface area contributed by atoms with Crippen LogP contribution in [-0.2, 0) is 12.0 Å². The Morgan fingerprint density at radius 3 is 2.61 bits per heavy atom. The fraction of sp³-hybridized carbons (Fsp3) is 0.571. The van der Waals surface area contributed by atoms with Crippen LogP contribution in [0.2, 0.25) is 0 Å². The van der Waals surface area contributed by atoms with Crippen molar-refractivity contribution in [3.05, 3.63) is 29.1 Å². The topological polar surface area (TPSA) is 60.1 Å². The molecule has 1 N–H and O–H groups in total. The van der Waals surface area contributed by atoms with E-state index >= 15 is 0 Å². The molecule has 0 unspecified atom stereocenters. The molecule has 0 bridgehead atoms. The third kappa shape index (κ3) is 3.80. The van der Waals surface area contributed by atoms with E-state index in [0.29, 0.717) is 18.7 Å². The molecule has 0 radical (unpaired) electrons. The number of aliphatic hydroxyl groups is 1. The van der Waals surface area contributed by atoms with Crippen molar-refractivity contribution in [2.24, 2.45) is 0 Å². The van der Waals surface area contributed by atoms with Gasteiger partial charge in [-0.05, 0) is 18.7 Å². The summed E-state index contributed by atoms with van der Waals surface area (Å²) in [7, 11) is 1.93. The van der Waals surface area contributed by atoms with Gasteiger partial charge in [0.25, 0.3) is 0 Å². The van der Waals surface area contributed by atoms with Crippen LogP contribution in [-0.4, -0.2) is 35.2 Å². The van der Waals surface area contributed by atoms with E-state index in [1.54, 1.807) is 0 Å². The Hall–Kier alpha value is -1.44. The second-order valence-corrected chi connectivity index (χ2v) is 5.56. The van der Waals surface area contributed by atoms with Gasteiger partial charge in [-0.25, -0.2) is 0 Å². The number of aromatic nitrogens is 1. The van der Waals surface area contributed by atoms with E-state index in [4.69, 9.17) is 5.11 Å². The van der Waals surface area contributed by atoms with E-state index in [9.17, 15) is 5.26 Å². The maximum atomic E-state index is 9.20. The zero-order valence-electron chi connectivity index (χ0n) is 11.6. The summed E-state index contributed by atoms with van der Waals surface area (Å²) < 4.78 is 0. The van der Waals surface area contributed by atoms with Crippen LogP contribution in [0.1, 0.15) is 37.6 Å². The van der Waals surface area contributed by atoms with Gasteiger partial charge in [-0.15, -0.1) is 0 Å². The average molecular weight is 247 g/mol. The van der Waals surface area contributed by atoms with Gasteiger partial charge in [0.1, 0.15) is 6.07 Å². The molecule has 0 saturated heterocycles. The Morgan fingerprint density at radius 1 is 1.44 bits per heavy atom. The lowest BCUT2D eigenvalue weighted by molar-refractivity contribution is 0.217. The smallest absolute Gasteiger partial charge is 0.101 e. The van der Waals surface area contributed by atoms with Crippen LogP contribution in [0, 0.1) is 11.3 Å². The minimum atomic E-state index is -0.124. The van der Waals surface area contributed by atoms with E-state index in [1.165, 1.54) is 0 Å². The van der Waals surface area contributed by atoms with Gasteiger partial charge in [0.05, 0.1) is 17.9 Å². The van der Waals surface area contributed by atoms with Crippen LogP contribution in [0.4, 0.5) is 0 Å².